The van der Waals surface area contributed by atoms with Gasteiger partial charge in [0, 0.05) is 38.4 Å². The van der Waals surface area contributed by atoms with Crippen LogP contribution in [0.3, 0.4) is 0 Å². The minimum atomic E-state index is -0.437. The Balaban J connectivity index is 1.90. The molecular formula is C19H24N6O4. The summed E-state index contributed by atoms with van der Waals surface area (Å²) in [5.41, 5.74) is 0.678. The first kappa shape index (κ1) is 20.3. The molecule has 0 aliphatic carbocycles. The number of benzene rings is 1. The summed E-state index contributed by atoms with van der Waals surface area (Å²) in [5, 5.41) is 12.0. The first-order chi connectivity index (χ1) is 14.1. The van der Waals surface area contributed by atoms with E-state index in [-0.39, 0.29) is 23.4 Å². The Morgan fingerprint density at radius 3 is 2.45 bits per heavy atom. The smallest absolute Gasteiger partial charge is 0.409 e. The molecule has 3 rings (SSSR count). The number of piperazine rings is 1. The molecule has 10 nitrogen and oxygen atoms in total. The lowest BCUT2D eigenvalue weighted by Crippen LogP contribution is -2.49. The number of hydrogen-bond acceptors (Lipinski definition) is 8. The lowest BCUT2D eigenvalue weighted by Gasteiger charge is -2.34. The van der Waals surface area contributed by atoms with Gasteiger partial charge >= 0.3 is 11.8 Å². The molecule has 0 saturated carbocycles. The molecule has 10 heteroatoms. The Hall–Kier alpha value is -3.43. The Morgan fingerprint density at radius 2 is 1.86 bits per heavy atom. The van der Waals surface area contributed by atoms with Crippen molar-refractivity contribution in [1.29, 1.82) is 0 Å². The third kappa shape index (κ3) is 4.36. The summed E-state index contributed by atoms with van der Waals surface area (Å²) < 4.78 is 5.03. The molecule has 29 heavy (non-hydrogen) atoms. The predicted molar refractivity (Wildman–Crippen MR) is 109 cm³/mol. The number of carbonyl (C=O) groups is 1. The summed E-state index contributed by atoms with van der Waals surface area (Å²) in [6.07, 6.45) is 0.979. The van der Waals surface area contributed by atoms with Crippen LogP contribution in [0.5, 0.6) is 0 Å². The van der Waals surface area contributed by atoms with Crippen molar-refractivity contribution in [2.75, 3.05) is 49.1 Å². The zero-order valence-corrected chi connectivity index (χ0v) is 16.5. The van der Waals surface area contributed by atoms with Gasteiger partial charge in [0.1, 0.15) is 6.33 Å². The van der Waals surface area contributed by atoms with E-state index in [0.29, 0.717) is 39.3 Å². The minimum absolute atomic E-state index is 0.136. The summed E-state index contributed by atoms with van der Waals surface area (Å²) in [6.45, 7) is 6.16. The quantitative estimate of drug-likeness (QED) is 0.538. The van der Waals surface area contributed by atoms with Gasteiger partial charge in [0.25, 0.3) is 0 Å². The molecule has 154 valence electrons. The Bertz CT molecular complexity index is 855. The van der Waals surface area contributed by atoms with E-state index in [4.69, 9.17) is 4.74 Å². The number of anilines is 3. The molecular weight excluding hydrogens is 376 g/mol. The van der Waals surface area contributed by atoms with Crippen LogP contribution in [0.4, 0.5) is 27.8 Å². The largest absolute Gasteiger partial charge is 0.450 e. The van der Waals surface area contributed by atoms with Gasteiger partial charge in [-0.05, 0) is 26.0 Å². The molecule has 1 aliphatic heterocycles. The Morgan fingerprint density at radius 1 is 1.17 bits per heavy atom. The first-order valence-corrected chi connectivity index (χ1v) is 9.55. The number of rotatable bonds is 6. The number of hydrogen-bond donors (Lipinski definition) is 0. The number of ether oxygens (including phenoxy) is 1. The molecule has 1 amide bonds. The van der Waals surface area contributed by atoms with Gasteiger partial charge in [-0.1, -0.05) is 18.2 Å². The van der Waals surface area contributed by atoms with Gasteiger partial charge in [0.15, 0.2) is 0 Å². The topological polar surface area (TPSA) is 105 Å². The molecule has 0 radical (unpaired) electrons. The van der Waals surface area contributed by atoms with Crippen molar-refractivity contribution in [2.24, 2.45) is 0 Å². The van der Waals surface area contributed by atoms with E-state index in [0.717, 1.165) is 5.69 Å². The molecule has 0 unspecified atom stereocenters. The second kappa shape index (κ2) is 9.18. The van der Waals surface area contributed by atoms with Gasteiger partial charge < -0.3 is 19.4 Å². The lowest BCUT2D eigenvalue weighted by atomic mass is 10.2. The SMILES string of the molecule is CCOC(=O)N1CCN(c2ncnc(N(CC)c3ccccc3)c2[N+](=O)[O-])CC1. The van der Waals surface area contributed by atoms with E-state index in [9.17, 15) is 14.9 Å². The van der Waals surface area contributed by atoms with Crippen LogP contribution in [-0.4, -0.2) is 65.2 Å². The maximum absolute atomic E-state index is 12.0. The van der Waals surface area contributed by atoms with Gasteiger partial charge in [0.05, 0.1) is 11.5 Å². The Labute approximate surface area is 168 Å². The highest BCUT2D eigenvalue weighted by atomic mass is 16.6. The molecule has 2 aromatic rings. The molecule has 1 aromatic carbocycles. The standard InChI is InChI=1S/C19H24N6O4/c1-3-24(15-8-6-5-7-9-15)18-16(25(27)28)17(20-14-21-18)22-10-12-23(13-11-22)19(26)29-4-2/h5-9,14H,3-4,10-13H2,1-2H3. The van der Waals surface area contributed by atoms with Crippen LogP contribution in [-0.2, 0) is 4.74 Å². The van der Waals surface area contributed by atoms with Crippen molar-refractivity contribution in [2.45, 2.75) is 13.8 Å². The molecule has 1 fully saturated rings. The number of aromatic nitrogens is 2. The number of para-hydroxylation sites is 1. The van der Waals surface area contributed by atoms with Crippen LogP contribution < -0.4 is 9.80 Å². The van der Waals surface area contributed by atoms with Gasteiger partial charge in [-0.25, -0.2) is 14.8 Å². The fourth-order valence-electron chi connectivity index (χ4n) is 3.33. The fraction of sp³-hybridized carbons (Fsp3) is 0.421. The van der Waals surface area contributed by atoms with Crippen molar-refractivity contribution in [3.8, 4) is 0 Å². The summed E-state index contributed by atoms with van der Waals surface area (Å²) >= 11 is 0. The van der Waals surface area contributed by atoms with Crippen molar-refractivity contribution in [3.63, 3.8) is 0 Å². The van der Waals surface area contributed by atoms with Crippen molar-refractivity contribution >= 4 is 29.1 Å². The summed E-state index contributed by atoms with van der Waals surface area (Å²) in [6, 6.07) is 9.40. The number of nitro groups is 1. The van der Waals surface area contributed by atoms with E-state index in [1.807, 2.05) is 42.2 Å². The second-order valence-corrected chi connectivity index (χ2v) is 6.38. The maximum Gasteiger partial charge on any atom is 0.409 e. The predicted octanol–water partition coefficient (Wildman–Crippen LogP) is 2.82. The molecule has 0 atom stereocenters. The average Bonchev–Trinajstić information content (AvgIpc) is 2.75. The first-order valence-electron chi connectivity index (χ1n) is 9.55. The van der Waals surface area contributed by atoms with Gasteiger partial charge in [-0.15, -0.1) is 0 Å². The van der Waals surface area contributed by atoms with Crippen LogP contribution in [0.15, 0.2) is 36.7 Å². The third-order valence-corrected chi connectivity index (χ3v) is 4.71. The van der Waals surface area contributed by atoms with E-state index < -0.39 is 4.92 Å². The average molecular weight is 400 g/mol. The highest BCUT2D eigenvalue weighted by molar-refractivity contribution is 5.76. The fourth-order valence-corrected chi connectivity index (χ4v) is 3.33. The normalized spacial score (nSPS) is 13.9. The number of nitrogens with zero attached hydrogens (tertiary/aromatic N) is 6. The van der Waals surface area contributed by atoms with E-state index >= 15 is 0 Å². The van der Waals surface area contributed by atoms with Crippen LogP contribution in [0.25, 0.3) is 0 Å². The zero-order valence-electron chi connectivity index (χ0n) is 16.5. The highest BCUT2D eigenvalue weighted by Crippen LogP contribution is 2.37. The van der Waals surface area contributed by atoms with Gasteiger partial charge in [-0.2, -0.15) is 0 Å². The summed E-state index contributed by atoms with van der Waals surface area (Å²) in [7, 11) is 0. The Kier molecular flexibility index (Phi) is 6.43. The maximum atomic E-state index is 12.0. The molecule has 1 saturated heterocycles. The molecule has 0 spiro atoms. The van der Waals surface area contributed by atoms with E-state index in [2.05, 4.69) is 9.97 Å². The van der Waals surface area contributed by atoms with Crippen LogP contribution in [0.2, 0.25) is 0 Å². The third-order valence-electron chi connectivity index (χ3n) is 4.71. The molecule has 1 aromatic heterocycles. The molecule has 0 bridgehead atoms. The van der Waals surface area contributed by atoms with E-state index in [1.54, 1.807) is 16.7 Å². The van der Waals surface area contributed by atoms with Crippen LogP contribution in [0, 0.1) is 10.1 Å². The molecule has 1 aliphatic rings. The zero-order chi connectivity index (χ0) is 20.8. The monoisotopic (exact) mass is 400 g/mol. The van der Waals surface area contributed by atoms with Crippen molar-refractivity contribution in [1.82, 2.24) is 14.9 Å². The van der Waals surface area contributed by atoms with Gasteiger partial charge in [0.2, 0.25) is 11.6 Å². The molecule has 0 N–H and O–H groups in total. The van der Waals surface area contributed by atoms with E-state index in [1.165, 1.54) is 6.33 Å². The number of carbonyl (C=O) groups excluding carboxylic acids is 1. The second-order valence-electron chi connectivity index (χ2n) is 6.38. The number of amides is 1. The minimum Gasteiger partial charge on any atom is -0.450 e. The van der Waals surface area contributed by atoms with Crippen molar-refractivity contribution < 1.29 is 14.5 Å². The van der Waals surface area contributed by atoms with Crippen molar-refractivity contribution in [3.05, 3.63) is 46.8 Å². The molecule has 2 heterocycles. The van der Waals surface area contributed by atoms with Crippen LogP contribution >= 0.6 is 0 Å². The van der Waals surface area contributed by atoms with Gasteiger partial charge in [-0.3, -0.25) is 10.1 Å². The lowest BCUT2D eigenvalue weighted by molar-refractivity contribution is -0.383. The van der Waals surface area contributed by atoms with Crippen LogP contribution in [0.1, 0.15) is 13.8 Å². The summed E-state index contributed by atoms with van der Waals surface area (Å²) in [5.74, 6) is 0.513. The highest BCUT2D eigenvalue weighted by Gasteiger charge is 2.32. The summed E-state index contributed by atoms with van der Waals surface area (Å²) in [4.78, 5) is 37.1.